The van der Waals surface area contributed by atoms with Crippen molar-refractivity contribution in [2.75, 3.05) is 6.54 Å². The highest BCUT2D eigenvalue weighted by atomic mass is 32.1. The van der Waals surface area contributed by atoms with Crippen molar-refractivity contribution in [1.82, 2.24) is 4.98 Å². The van der Waals surface area contributed by atoms with Gasteiger partial charge in [-0.25, -0.2) is 15.8 Å². The molecular formula is C17H25N4O2S+. The van der Waals surface area contributed by atoms with Crippen molar-refractivity contribution < 1.29 is 14.8 Å². The largest absolute Gasteiger partial charge is 0.513 e. The number of amides is 1. The summed E-state index contributed by atoms with van der Waals surface area (Å²) < 4.78 is 6.56. The maximum atomic E-state index is 12.1. The van der Waals surface area contributed by atoms with Crippen LogP contribution in [0.5, 0.6) is 0 Å². The van der Waals surface area contributed by atoms with E-state index < -0.39 is 5.60 Å². The first-order valence-electron chi connectivity index (χ1n) is 8.13. The minimum atomic E-state index is -0.496. The number of nitrogens with two attached hydrogens (primary N) is 1. The van der Waals surface area contributed by atoms with Gasteiger partial charge in [-0.2, -0.15) is 9.91 Å². The Morgan fingerprint density at radius 3 is 2.83 bits per heavy atom. The van der Waals surface area contributed by atoms with E-state index in [0.717, 1.165) is 28.1 Å². The van der Waals surface area contributed by atoms with Gasteiger partial charge in [0.15, 0.2) is 0 Å². The number of benzene rings is 1. The average Bonchev–Trinajstić information content (AvgIpc) is 2.87. The SMILES string of the molecule is CC(C)(C)OC(=O)[NH2+]C(CCCN=N)Cc1nc2ccccc2s1. The van der Waals surface area contributed by atoms with Gasteiger partial charge in [-0.1, -0.05) is 12.1 Å². The fourth-order valence-electron chi connectivity index (χ4n) is 2.44. The fraction of sp³-hybridized carbons (Fsp3) is 0.529. The van der Waals surface area contributed by atoms with Crippen LogP contribution in [0, 0.1) is 5.53 Å². The number of hydrogen-bond donors (Lipinski definition) is 2. The van der Waals surface area contributed by atoms with E-state index in [1.165, 1.54) is 0 Å². The van der Waals surface area contributed by atoms with Crippen molar-refractivity contribution >= 4 is 27.6 Å². The third-order valence-corrected chi connectivity index (χ3v) is 4.46. The molecule has 24 heavy (non-hydrogen) atoms. The Labute approximate surface area is 146 Å². The van der Waals surface area contributed by atoms with Crippen LogP contribution in [0.3, 0.4) is 0 Å². The number of nitrogens with one attached hydrogen (secondary N) is 1. The summed E-state index contributed by atoms with van der Waals surface area (Å²) >= 11 is 1.66. The third kappa shape index (κ3) is 5.98. The fourth-order valence-corrected chi connectivity index (χ4v) is 3.50. The average molecular weight is 349 g/mol. The van der Waals surface area contributed by atoms with E-state index in [0.29, 0.717) is 13.0 Å². The molecule has 0 saturated carbocycles. The van der Waals surface area contributed by atoms with Gasteiger partial charge in [0.25, 0.3) is 0 Å². The second-order valence-corrected chi connectivity index (χ2v) is 7.88. The molecule has 3 N–H and O–H groups in total. The van der Waals surface area contributed by atoms with E-state index in [-0.39, 0.29) is 12.1 Å². The molecule has 1 heterocycles. The van der Waals surface area contributed by atoms with E-state index in [1.54, 1.807) is 16.7 Å². The third-order valence-electron chi connectivity index (χ3n) is 3.40. The van der Waals surface area contributed by atoms with Crippen molar-refractivity contribution in [1.29, 1.82) is 5.53 Å². The van der Waals surface area contributed by atoms with E-state index >= 15 is 0 Å². The summed E-state index contributed by atoms with van der Waals surface area (Å²) in [5.74, 6) is 0. The number of aromatic nitrogens is 1. The second kappa shape index (κ2) is 8.30. The number of thiazole rings is 1. The summed E-state index contributed by atoms with van der Waals surface area (Å²) in [6.45, 7) is 6.07. The minimum Gasteiger partial charge on any atom is -0.414 e. The van der Waals surface area contributed by atoms with Crippen LogP contribution in [0.2, 0.25) is 0 Å². The maximum Gasteiger partial charge on any atom is 0.513 e. The monoisotopic (exact) mass is 349 g/mol. The molecule has 0 bridgehead atoms. The van der Waals surface area contributed by atoms with Crippen molar-refractivity contribution in [2.24, 2.45) is 5.11 Å². The van der Waals surface area contributed by atoms with Crippen LogP contribution in [0.25, 0.3) is 10.2 Å². The standard InChI is InChI=1S/C17H24N4O2S/c1-17(2,3)23-16(22)20-12(7-6-10-19-18)11-15-21-13-8-4-5-9-14(13)24-15/h4-5,8-9,12,18H,6-7,10-11H2,1-3H3,(H,20,22)/p+1. The van der Waals surface area contributed by atoms with Crippen LogP contribution in [-0.4, -0.2) is 29.3 Å². The summed E-state index contributed by atoms with van der Waals surface area (Å²) in [4.78, 5) is 16.8. The number of carbonyl (C=O) groups is 1. The maximum absolute atomic E-state index is 12.1. The molecule has 0 aliphatic rings. The Morgan fingerprint density at radius 2 is 2.17 bits per heavy atom. The molecule has 2 rings (SSSR count). The van der Waals surface area contributed by atoms with Crippen molar-refractivity contribution in [2.45, 2.75) is 51.7 Å². The van der Waals surface area contributed by atoms with Gasteiger partial charge in [-0.05, 0) is 39.3 Å². The zero-order chi connectivity index (χ0) is 17.6. The van der Waals surface area contributed by atoms with Crippen molar-refractivity contribution in [3.63, 3.8) is 0 Å². The number of ether oxygens (including phenoxy) is 1. The van der Waals surface area contributed by atoms with E-state index in [2.05, 4.69) is 16.2 Å². The highest BCUT2D eigenvalue weighted by molar-refractivity contribution is 7.18. The molecule has 0 radical (unpaired) electrons. The topological polar surface area (TPSA) is 92.0 Å². The lowest BCUT2D eigenvalue weighted by Gasteiger charge is -2.19. The first-order chi connectivity index (χ1) is 11.4. The Kier molecular flexibility index (Phi) is 6.39. The summed E-state index contributed by atoms with van der Waals surface area (Å²) in [6.07, 6.45) is 1.98. The van der Waals surface area contributed by atoms with Crippen LogP contribution in [0.4, 0.5) is 4.79 Å². The van der Waals surface area contributed by atoms with Gasteiger partial charge >= 0.3 is 6.09 Å². The number of hydrogen-bond acceptors (Lipinski definition) is 6. The lowest BCUT2D eigenvalue weighted by Crippen LogP contribution is -2.94. The normalized spacial score (nSPS) is 13.0. The lowest BCUT2D eigenvalue weighted by atomic mass is 10.1. The highest BCUT2D eigenvalue weighted by Crippen LogP contribution is 2.22. The van der Waals surface area contributed by atoms with Gasteiger partial charge in [-0.3, -0.25) is 0 Å². The van der Waals surface area contributed by atoms with Crippen LogP contribution in [-0.2, 0) is 11.2 Å². The van der Waals surface area contributed by atoms with Crippen molar-refractivity contribution in [3.8, 4) is 0 Å². The van der Waals surface area contributed by atoms with Gasteiger partial charge in [0.1, 0.15) is 11.6 Å². The minimum absolute atomic E-state index is 0.0437. The molecule has 0 spiro atoms. The quantitative estimate of drug-likeness (QED) is 0.592. The van der Waals surface area contributed by atoms with Crippen LogP contribution >= 0.6 is 11.3 Å². The predicted molar refractivity (Wildman–Crippen MR) is 94.5 cm³/mol. The van der Waals surface area contributed by atoms with E-state index in [4.69, 9.17) is 10.3 Å². The number of nitrogens with zero attached hydrogens (tertiary/aromatic N) is 2. The Bertz CT molecular complexity index is 660. The van der Waals surface area contributed by atoms with Crippen LogP contribution < -0.4 is 5.32 Å². The molecule has 1 aromatic carbocycles. The van der Waals surface area contributed by atoms with Gasteiger partial charge in [0.2, 0.25) is 0 Å². The molecule has 0 aliphatic carbocycles. The number of fused-ring (bicyclic) bond motifs is 1. The molecule has 1 atom stereocenters. The van der Waals surface area contributed by atoms with Gasteiger partial charge in [0.05, 0.1) is 28.2 Å². The smallest absolute Gasteiger partial charge is 0.414 e. The molecule has 0 aliphatic heterocycles. The first kappa shape index (κ1) is 18.5. The van der Waals surface area contributed by atoms with Crippen LogP contribution in [0.15, 0.2) is 29.4 Å². The number of rotatable bonds is 7. The van der Waals surface area contributed by atoms with Crippen molar-refractivity contribution in [3.05, 3.63) is 29.3 Å². The molecule has 0 fully saturated rings. The molecule has 1 amide bonds. The molecule has 1 aromatic heterocycles. The number of carbonyl (C=O) groups excluding carboxylic acids is 1. The first-order valence-corrected chi connectivity index (χ1v) is 8.94. The molecule has 2 aromatic rings. The molecule has 7 heteroatoms. The zero-order valence-electron chi connectivity index (χ0n) is 14.4. The summed E-state index contributed by atoms with van der Waals surface area (Å²) in [5, 5.41) is 6.07. The summed E-state index contributed by atoms with van der Waals surface area (Å²) in [7, 11) is 0. The predicted octanol–water partition coefficient (Wildman–Crippen LogP) is 3.52. The number of quaternary nitrogens is 1. The molecule has 6 nitrogen and oxygen atoms in total. The second-order valence-electron chi connectivity index (χ2n) is 6.76. The number of primary amides is 1. The summed E-state index contributed by atoms with van der Waals surface area (Å²) in [5.41, 5.74) is 7.41. The van der Waals surface area contributed by atoms with Crippen LogP contribution in [0.1, 0.15) is 38.6 Å². The van der Waals surface area contributed by atoms with Gasteiger partial charge < -0.3 is 4.74 Å². The molecular weight excluding hydrogens is 324 g/mol. The highest BCUT2D eigenvalue weighted by Gasteiger charge is 2.24. The van der Waals surface area contributed by atoms with Gasteiger partial charge in [0, 0.05) is 6.42 Å². The zero-order valence-corrected chi connectivity index (χ0v) is 15.2. The molecule has 130 valence electrons. The lowest BCUT2D eigenvalue weighted by molar-refractivity contribution is -0.610. The molecule has 1 unspecified atom stereocenters. The van der Waals surface area contributed by atoms with Gasteiger partial charge in [-0.15, -0.1) is 11.3 Å². The Morgan fingerprint density at radius 1 is 1.42 bits per heavy atom. The Balaban J connectivity index is 2.04. The summed E-state index contributed by atoms with van der Waals surface area (Å²) in [6, 6.07) is 8.08. The Hall–Kier alpha value is -1.86. The van der Waals surface area contributed by atoms with E-state index in [1.807, 2.05) is 39.0 Å². The molecule has 0 saturated heterocycles. The van der Waals surface area contributed by atoms with E-state index in [9.17, 15) is 4.79 Å². The number of para-hydroxylation sites is 1.